The van der Waals surface area contributed by atoms with E-state index in [-0.39, 0.29) is 6.04 Å². The fourth-order valence-electron chi connectivity index (χ4n) is 3.18. The summed E-state index contributed by atoms with van der Waals surface area (Å²) in [5.41, 5.74) is 4.73. The van der Waals surface area contributed by atoms with Gasteiger partial charge in [0.25, 0.3) is 0 Å². The molecular weight excluding hydrogens is 339 g/mol. The molecule has 112 valence electrons. The van der Waals surface area contributed by atoms with E-state index in [1.54, 1.807) is 0 Å². The molecule has 0 saturated heterocycles. The predicted molar refractivity (Wildman–Crippen MR) is 93.3 cm³/mol. The molecule has 1 aliphatic heterocycles. The van der Waals surface area contributed by atoms with Gasteiger partial charge < -0.3 is 10.3 Å². The van der Waals surface area contributed by atoms with Crippen LogP contribution in [0.25, 0.3) is 10.9 Å². The largest absolute Gasteiger partial charge is 0.357 e. The first-order valence-corrected chi connectivity index (χ1v) is 8.25. The molecular formula is C17H13Cl3N2. The summed E-state index contributed by atoms with van der Waals surface area (Å²) in [7, 11) is 0. The van der Waals surface area contributed by atoms with Crippen molar-refractivity contribution in [3.05, 3.63) is 68.3 Å². The summed E-state index contributed by atoms with van der Waals surface area (Å²) in [6.07, 6.45) is 0.980. The Morgan fingerprint density at radius 3 is 2.64 bits per heavy atom. The van der Waals surface area contributed by atoms with Gasteiger partial charge in [-0.15, -0.1) is 0 Å². The Hall–Kier alpha value is -1.19. The zero-order valence-corrected chi connectivity index (χ0v) is 13.9. The minimum absolute atomic E-state index is 0.0877. The second-order valence-electron chi connectivity index (χ2n) is 5.52. The van der Waals surface area contributed by atoms with Crippen molar-refractivity contribution in [3.63, 3.8) is 0 Å². The SMILES string of the molecule is Clc1ccc2[nH]c3c(c2c1)CCNC3c1ccc(Cl)c(Cl)c1. The summed E-state index contributed by atoms with van der Waals surface area (Å²) in [5.74, 6) is 0. The number of fused-ring (bicyclic) bond motifs is 3. The van der Waals surface area contributed by atoms with Crippen LogP contribution < -0.4 is 5.32 Å². The maximum absolute atomic E-state index is 6.17. The standard InChI is InChI=1S/C17H13Cl3N2/c18-10-2-4-15-12(8-10)11-5-6-21-16(17(11)22-15)9-1-3-13(19)14(20)7-9/h1-4,7-8,16,21-22H,5-6H2. The lowest BCUT2D eigenvalue weighted by Crippen LogP contribution is -2.30. The van der Waals surface area contributed by atoms with E-state index in [2.05, 4.69) is 10.3 Å². The normalized spacial score (nSPS) is 17.7. The highest BCUT2D eigenvalue weighted by Gasteiger charge is 2.25. The number of H-pyrrole nitrogens is 1. The average molecular weight is 352 g/mol. The van der Waals surface area contributed by atoms with Gasteiger partial charge in [0.15, 0.2) is 0 Å². The predicted octanol–water partition coefficient (Wildman–Crippen LogP) is 5.36. The van der Waals surface area contributed by atoms with Gasteiger partial charge in [0.05, 0.1) is 16.1 Å². The summed E-state index contributed by atoms with van der Waals surface area (Å²) in [4.78, 5) is 3.53. The number of halogens is 3. The van der Waals surface area contributed by atoms with Crippen LogP contribution in [-0.4, -0.2) is 11.5 Å². The number of hydrogen-bond acceptors (Lipinski definition) is 1. The maximum Gasteiger partial charge on any atom is 0.0732 e. The third kappa shape index (κ3) is 2.31. The Morgan fingerprint density at radius 1 is 0.955 bits per heavy atom. The molecule has 0 aliphatic carbocycles. The van der Waals surface area contributed by atoms with Crippen LogP contribution in [0.1, 0.15) is 22.9 Å². The fourth-order valence-corrected chi connectivity index (χ4v) is 3.66. The average Bonchev–Trinajstić information content (AvgIpc) is 2.88. The summed E-state index contributed by atoms with van der Waals surface area (Å²) in [5, 5.41) is 6.66. The highest BCUT2D eigenvalue weighted by Crippen LogP contribution is 2.36. The molecule has 22 heavy (non-hydrogen) atoms. The second-order valence-corrected chi connectivity index (χ2v) is 6.77. The molecule has 1 aromatic heterocycles. The number of aromatic amines is 1. The van der Waals surface area contributed by atoms with Crippen LogP contribution in [0.15, 0.2) is 36.4 Å². The van der Waals surface area contributed by atoms with Gasteiger partial charge in [0.1, 0.15) is 0 Å². The second kappa shape index (κ2) is 5.47. The molecule has 3 aromatic rings. The van der Waals surface area contributed by atoms with E-state index in [4.69, 9.17) is 34.8 Å². The molecule has 0 radical (unpaired) electrons. The number of hydrogen-bond donors (Lipinski definition) is 2. The molecule has 2 aromatic carbocycles. The van der Waals surface area contributed by atoms with Gasteiger partial charge in [0, 0.05) is 28.2 Å². The van der Waals surface area contributed by atoms with Gasteiger partial charge in [-0.1, -0.05) is 40.9 Å². The number of nitrogens with one attached hydrogen (secondary N) is 2. The lowest BCUT2D eigenvalue weighted by atomic mass is 9.94. The molecule has 2 heterocycles. The van der Waals surface area contributed by atoms with Gasteiger partial charge in [0.2, 0.25) is 0 Å². The molecule has 0 saturated carbocycles. The summed E-state index contributed by atoms with van der Waals surface area (Å²) in [6.45, 7) is 0.914. The van der Waals surface area contributed by atoms with E-state index in [9.17, 15) is 0 Å². The van der Waals surface area contributed by atoms with Crippen LogP contribution in [0.3, 0.4) is 0 Å². The highest BCUT2D eigenvalue weighted by molar-refractivity contribution is 6.42. The van der Waals surface area contributed by atoms with E-state index in [0.29, 0.717) is 10.0 Å². The minimum Gasteiger partial charge on any atom is -0.357 e. The first-order valence-electron chi connectivity index (χ1n) is 7.12. The minimum atomic E-state index is 0.0877. The smallest absolute Gasteiger partial charge is 0.0732 e. The Bertz CT molecular complexity index is 870. The van der Waals surface area contributed by atoms with E-state index < -0.39 is 0 Å². The first kappa shape index (κ1) is 14.4. The van der Waals surface area contributed by atoms with E-state index in [1.807, 2.05) is 36.4 Å². The molecule has 5 heteroatoms. The molecule has 1 aliphatic rings. The summed E-state index contributed by atoms with van der Waals surface area (Å²) >= 11 is 18.3. The Kier molecular flexibility index (Phi) is 3.58. The number of aromatic nitrogens is 1. The van der Waals surface area contributed by atoms with Crippen LogP contribution in [0.2, 0.25) is 15.1 Å². The van der Waals surface area contributed by atoms with E-state index in [0.717, 1.165) is 29.1 Å². The van der Waals surface area contributed by atoms with Crippen LogP contribution in [0.4, 0.5) is 0 Å². The maximum atomic E-state index is 6.17. The molecule has 2 nitrogen and oxygen atoms in total. The van der Waals surface area contributed by atoms with E-state index in [1.165, 1.54) is 16.6 Å². The van der Waals surface area contributed by atoms with Crippen LogP contribution in [0.5, 0.6) is 0 Å². The third-order valence-electron chi connectivity index (χ3n) is 4.19. The highest BCUT2D eigenvalue weighted by atomic mass is 35.5. The van der Waals surface area contributed by atoms with Gasteiger partial charge in [-0.3, -0.25) is 0 Å². The summed E-state index contributed by atoms with van der Waals surface area (Å²) in [6, 6.07) is 11.8. The van der Waals surface area contributed by atoms with Gasteiger partial charge in [-0.2, -0.15) is 0 Å². The Balaban J connectivity index is 1.88. The van der Waals surface area contributed by atoms with Crippen molar-refractivity contribution >= 4 is 45.7 Å². The molecule has 4 rings (SSSR count). The molecule has 0 fully saturated rings. The van der Waals surface area contributed by atoms with Crippen molar-refractivity contribution in [3.8, 4) is 0 Å². The summed E-state index contributed by atoms with van der Waals surface area (Å²) < 4.78 is 0. The number of benzene rings is 2. The third-order valence-corrected chi connectivity index (χ3v) is 5.16. The van der Waals surface area contributed by atoms with Crippen molar-refractivity contribution in [2.75, 3.05) is 6.54 Å². The quantitative estimate of drug-likeness (QED) is 0.606. The Morgan fingerprint density at radius 2 is 1.82 bits per heavy atom. The molecule has 0 amide bonds. The van der Waals surface area contributed by atoms with Crippen molar-refractivity contribution in [2.45, 2.75) is 12.5 Å². The van der Waals surface area contributed by atoms with Crippen LogP contribution in [0, 0.1) is 0 Å². The molecule has 1 unspecified atom stereocenters. The molecule has 0 spiro atoms. The Labute approximate surface area is 143 Å². The fraction of sp³-hybridized carbons (Fsp3) is 0.176. The number of rotatable bonds is 1. The van der Waals surface area contributed by atoms with Crippen molar-refractivity contribution in [2.24, 2.45) is 0 Å². The van der Waals surface area contributed by atoms with Crippen molar-refractivity contribution in [1.82, 2.24) is 10.3 Å². The van der Waals surface area contributed by atoms with Crippen LogP contribution >= 0.6 is 34.8 Å². The first-order chi connectivity index (χ1) is 10.6. The van der Waals surface area contributed by atoms with Gasteiger partial charge >= 0.3 is 0 Å². The lowest BCUT2D eigenvalue weighted by Gasteiger charge is -2.25. The topological polar surface area (TPSA) is 27.8 Å². The molecule has 2 N–H and O–H groups in total. The van der Waals surface area contributed by atoms with Crippen molar-refractivity contribution in [1.29, 1.82) is 0 Å². The van der Waals surface area contributed by atoms with Crippen LogP contribution in [-0.2, 0) is 6.42 Å². The molecule has 0 bridgehead atoms. The zero-order valence-electron chi connectivity index (χ0n) is 11.6. The lowest BCUT2D eigenvalue weighted by molar-refractivity contribution is 0.560. The monoisotopic (exact) mass is 350 g/mol. The van der Waals surface area contributed by atoms with E-state index >= 15 is 0 Å². The van der Waals surface area contributed by atoms with Gasteiger partial charge in [-0.05, 0) is 47.9 Å². The zero-order chi connectivity index (χ0) is 15.3. The molecule has 1 atom stereocenters. The van der Waals surface area contributed by atoms with Gasteiger partial charge in [-0.25, -0.2) is 0 Å². The van der Waals surface area contributed by atoms with Crippen molar-refractivity contribution < 1.29 is 0 Å².